The normalized spacial score (nSPS) is 10.4. The summed E-state index contributed by atoms with van der Waals surface area (Å²) in [6.07, 6.45) is 1.71. The van der Waals surface area contributed by atoms with Gasteiger partial charge in [0.05, 0.1) is 11.6 Å². The van der Waals surface area contributed by atoms with Crippen molar-refractivity contribution >= 4 is 34.5 Å². The second-order valence-electron chi connectivity index (χ2n) is 3.95. The molecule has 0 unspecified atom stereocenters. The molecule has 0 radical (unpaired) electrons. The first-order chi connectivity index (χ1) is 9.11. The van der Waals surface area contributed by atoms with Gasteiger partial charge in [0.1, 0.15) is 11.3 Å². The van der Waals surface area contributed by atoms with Gasteiger partial charge in [-0.1, -0.05) is 23.8 Å². The number of thiocarbonyl (C=S) groups is 1. The summed E-state index contributed by atoms with van der Waals surface area (Å²) in [7, 11) is 0. The third-order valence-corrected chi connectivity index (χ3v) is 3.25. The minimum Gasteiger partial charge on any atom is -0.389 e. The second-order valence-corrected chi connectivity index (χ2v) is 4.79. The summed E-state index contributed by atoms with van der Waals surface area (Å²) < 4.78 is 1.97. The maximum Gasteiger partial charge on any atom is 0.152 e. The van der Waals surface area contributed by atoms with Crippen LogP contribution in [0.3, 0.4) is 0 Å². The predicted octanol–water partition coefficient (Wildman–Crippen LogP) is 2.20. The highest BCUT2D eigenvalue weighted by molar-refractivity contribution is 7.80. The van der Waals surface area contributed by atoms with Crippen molar-refractivity contribution in [3.63, 3.8) is 0 Å². The number of aryl methyl sites for hydroxylation is 1. The van der Waals surface area contributed by atoms with E-state index in [-0.39, 0.29) is 0 Å². The molecule has 0 fully saturated rings. The van der Waals surface area contributed by atoms with Crippen LogP contribution < -0.4 is 11.1 Å². The van der Waals surface area contributed by atoms with Crippen LogP contribution in [0.2, 0.25) is 5.02 Å². The predicted molar refractivity (Wildman–Crippen MR) is 80.4 cm³/mol. The number of nitrogens with one attached hydrogen (secondary N) is 1. The average Bonchev–Trinajstić information content (AvgIpc) is 2.83. The lowest BCUT2D eigenvalue weighted by atomic mass is 10.2. The standard InChI is InChI=1S/C12H14ClN5S/c1-2-18-7-16-17-11(18)6-15-8-3-4-9(12(14)19)10(13)5-8/h3-5,7,15H,2,6H2,1H3,(H2,14,19). The molecule has 0 aliphatic heterocycles. The Morgan fingerprint density at radius 3 is 2.95 bits per heavy atom. The molecule has 3 N–H and O–H groups in total. The number of anilines is 1. The first-order valence-corrected chi connectivity index (χ1v) is 6.60. The molecular formula is C12H14ClN5S. The quantitative estimate of drug-likeness (QED) is 0.828. The fraction of sp³-hybridized carbons (Fsp3) is 0.250. The third kappa shape index (κ3) is 3.21. The van der Waals surface area contributed by atoms with Crippen molar-refractivity contribution in [3.05, 3.63) is 40.9 Å². The highest BCUT2D eigenvalue weighted by atomic mass is 35.5. The monoisotopic (exact) mass is 295 g/mol. The van der Waals surface area contributed by atoms with E-state index in [1.807, 2.05) is 17.6 Å². The molecular weight excluding hydrogens is 282 g/mol. The fourth-order valence-corrected chi connectivity index (χ4v) is 2.20. The fourth-order valence-electron chi connectivity index (χ4n) is 1.69. The maximum atomic E-state index is 6.10. The zero-order valence-corrected chi connectivity index (χ0v) is 12.0. The van der Waals surface area contributed by atoms with E-state index >= 15 is 0 Å². The molecule has 0 saturated heterocycles. The molecule has 0 saturated carbocycles. The van der Waals surface area contributed by atoms with Crippen LogP contribution in [0.5, 0.6) is 0 Å². The number of hydrogen-bond acceptors (Lipinski definition) is 4. The molecule has 0 bridgehead atoms. The third-order valence-electron chi connectivity index (χ3n) is 2.72. The maximum absolute atomic E-state index is 6.10. The Hall–Kier alpha value is -1.66. The summed E-state index contributed by atoms with van der Waals surface area (Å²) >= 11 is 11.0. The molecule has 0 aliphatic rings. The molecule has 1 aromatic heterocycles. The second kappa shape index (κ2) is 5.99. The summed E-state index contributed by atoms with van der Waals surface area (Å²) in [5.74, 6) is 0.872. The Bertz CT molecular complexity index is 596. The van der Waals surface area contributed by atoms with Gasteiger partial charge in [-0.25, -0.2) is 0 Å². The van der Waals surface area contributed by atoms with Crippen LogP contribution >= 0.6 is 23.8 Å². The van der Waals surface area contributed by atoms with Gasteiger partial charge in [-0.05, 0) is 25.1 Å². The van der Waals surface area contributed by atoms with Gasteiger partial charge in [-0.3, -0.25) is 0 Å². The molecule has 1 heterocycles. The van der Waals surface area contributed by atoms with Gasteiger partial charge in [-0.15, -0.1) is 10.2 Å². The Balaban J connectivity index is 2.08. The van der Waals surface area contributed by atoms with Gasteiger partial charge in [-0.2, -0.15) is 0 Å². The SMILES string of the molecule is CCn1cnnc1CNc1ccc(C(N)=S)c(Cl)c1. The summed E-state index contributed by atoms with van der Waals surface area (Å²) in [6, 6.07) is 5.48. The van der Waals surface area contributed by atoms with E-state index in [1.54, 1.807) is 18.5 Å². The molecule has 2 aromatic rings. The van der Waals surface area contributed by atoms with E-state index < -0.39 is 0 Å². The van der Waals surface area contributed by atoms with Crippen LogP contribution in [0.25, 0.3) is 0 Å². The topological polar surface area (TPSA) is 68.8 Å². The smallest absolute Gasteiger partial charge is 0.152 e. The molecule has 0 spiro atoms. The van der Waals surface area contributed by atoms with Crippen LogP contribution in [0.4, 0.5) is 5.69 Å². The first-order valence-electron chi connectivity index (χ1n) is 5.81. The average molecular weight is 296 g/mol. The number of benzene rings is 1. The van der Waals surface area contributed by atoms with Crippen molar-refractivity contribution in [1.29, 1.82) is 0 Å². The Morgan fingerprint density at radius 1 is 1.53 bits per heavy atom. The van der Waals surface area contributed by atoms with Gasteiger partial charge in [0.25, 0.3) is 0 Å². The molecule has 1 aromatic carbocycles. The number of nitrogens with zero attached hydrogens (tertiary/aromatic N) is 3. The van der Waals surface area contributed by atoms with Crippen LogP contribution in [0.1, 0.15) is 18.3 Å². The van der Waals surface area contributed by atoms with Crippen molar-refractivity contribution in [1.82, 2.24) is 14.8 Å². The molecule has 0 atom stereocenters. The van der Waals surface area contributed by atoms with Crippen LogP contribution in [-0.4, -0.2) is 19.8 Å². The number of halogens is 1. The van der Waals surface area contributed by atoms with E-state index in [0.717, 1.165) is 18.1 Å². The van der Waals surface area contributed by atoms with Crippen molar-refractivity contribution < 1.29 is 0 Å². The van der Waals surface area contributed by atoms with E-state index in [1.165, 1.54) is 0 Å². The van der Waals surface area contributed by atoms with Crippen LogP contribution in [0.15, 0.2) is 24.5 Å². The lowest BCUT2D eigenvalue weighted by Crippen LogP contribution is -2.11. The number of aromatic nitrogens is 3. The lowest BCUT2D eigenvalue weighted by molar-refractivity contribution is 0.708. The first kappa shape index (κ1) is 13.8. The zero-order chi connectivity index (χ0) is 13.8. The summed E-state index contributed by atoms with van der Waals surface area (Å²) in [5, 5.41) is 11.7. The van der Waals surface area contributed by atoms with Gasteiger partial charge < -0.3 is 15.6 Å². The zero-order valence-electron chi connectivity index (χ0n) is 10.4. The van der Waals surface area contributed by atoms with E-state index in [2.05, 4.69) is 15.5 Å². The molecule has 5 nitrogen and oxygen atoms in total. The molecule has 7 heteroatoms. The molecule has 100 valence electrons. The summed E-state index contributed by atoms with van der Waals surface area (Å²) in [4.78, 5) is 0.294. The van der Waals surface area contributed by atoms with Gasteiger partial charge in [0.2, 0.25) is 0 Å². The summed E-state index contributed by atoms with van der Waals surface area (Å²) in [6.45, 7) is 3.46. The lowest BCUT2D eigenvalue weighted by Gasteiger charge is -2.09. The minimum atomic E-state index is 0.294. The minimum absolute atomic E-state index is 0.294. The molecule has 0 amide bonds. The van der Waals surface area contributed by atoms with Crippen LogP contribution in [0, 0.1) is 0 Å². The van der Waals surface area contributed by atoms with Gasteiger partial charge >= 0.3 is 0 Å². The number of rotatable bonds is 5. The Morgan fingerprint density at radius 2 is 2.32 bits per heavy atom. The van der Waals surface area contributed by atoms with Crippen LogP contribution in [-0.2, 0) is 13.1 Å². The van der Waals surface area contributed by atoms with Crippen molar-refractivity contribution in [2.75, 3.05) is 5.32 Å². The highest BCUT2D eigenvalue weighted by Crippen LogP contribution is 2.21. The van der Waals surface area contributed by atoms with Gasteiger partial charge in [0.15, 0.2) is 5.82 Å². The van der Waals surface area contributed by atoms with Crippen molar-refractivity contribution in [2.24, 2.45) is 5.73 Å². The van der Waals surface area contributed by atoms with E-state index in [0.29, 0.717) is 22.1 Å². The van der Waals surface area contributed by atoms with Crippen molar-refractivity contribution in [2.45, 2.75) is 20.0 Å². The number of nitrogens with two attached hydrogens (primary N) is 1. The molecule has 2 rings (SSSR count). The Kier molecular flexibility index (Phi) is 4.34. The van der Waals surface area contributed by atoms with E-state index in [4.69, 9.17) is 29.6 Å². The van der Waals surface area contributed by atoms with E-state index in [9.17, 15) is 0 Å². The Labute approximate surface area is 121 Å². The molecule has 19 heavy (non-hydrogen) atoms. The number of hydrogen-bond donors (Lipinski definition) is 2. The highest BCUT2D eigenvalue weighted by Gasteiger charge is 2.06. The van der Waals surface area contributed by atoms with Gasteiger partial charge in [0, 0.05) is 17.8 Å². The summed E-state index contributed by atoms with van der Waals surface area (Å²) in [5.41, 5.74) is 7.12. The van der Waals surface area contributed by atoms with Crippen molar-refractivity contribution in [3.8, 4) is 0 Å². The molecule has 0 aliphatic carbocycles. The largest absolute Gasteiger partial charge is 0.389 e.